The van der Waals surface area contributed by atoms with Crippen molar-refractivity contribution in [3.8, 4) is 0 Å². The first-order valence-corrected chi connectivity index (χ1v) is 9.88. The van der Waals surface area contributed by atoms with Gasteiger partial charge in [-0.3, -0.25) is 19.3 Å². The van der Waals surface area contributed by atoms with E-state index in [1.807, 2.05) is 4.90 Å². The van der Waals surface area contributed by atoms with Gasteiger partial charge in [0.2, 0.25) is 0 Å². The molecule has 28 heavy (non-hydrogen) atoms. The van der Waals surface area contributed by atoms with Gasteiger partial charge in [-0.05, 0) is 25.3 Å². The van der Waals surface area contributed by atoms with Gasteiger partial charge in [0.15, 0.2) is 11.6 Å². The molecule has 0 aromatic heterocycles. The minimum atomic E-state index is -0.545. The van der Waals surface area contributed by atoms with Gasteiger partial charge in [0.05, 0.1) is 13.2 Å². The number of allylic oxidation sites excluding steroid dienone is 2. The van der Waals surface area contributed by atoms with Crippen molar-refractivity contribution in [3.63, 3.8) is 0 Å². The lowest BCUT2D eigenvalue weighted by atomic mass is 9.67. The fourth-order valence-corrected chi connectivity index (χ4v) is 4.36. The van der Waals surface area contributed by atoms with Crippen molar-refractivity contribution in [1.29, 1.82) is 0 Å². The number of rotatable bonds is 8. The van der Waals surface area contributed by atoms with Crippen LogP contribution in [-0.4, -0.2) is 65.3 Å². The van der Waals surface area contributed by atoms with E-state index in [-0.39, 0.29) is 42.9 Å². The second-order valence-electron chi connectivity index (χ2n) is 7.55. The fourth-order valence-electron chi connectivity index (χ4n) is 4.36. The second kappa shape index (κ2) is 8.90. The number of hydrogen-bond acceptors (Lipinski definition) is 6. The number of Topliss-reactive ketones (excluding diaryl/α,β-unsaturated/α-hetero) is 3. The highest BCUT2D eigenvalue weighted by molar-refractivity contribution is 6.29. The van der Waals surface area contributed by atoms with Gasteiger partial charge in [0.25, 0.3) is 0 Å². The molecule has 0 saturated heterocycles. The van der Waals surface area contributed by atoms with Gasteiger partial charge in [0, 0.05) is 47.7 Å². The van der Waals surface area contributed by atoms with Crippen LogP contribution in [0.5, 0.6) is 0 Å². The Hall–Kier alpha value is -2.15. The molecule has 0 saturated carbocycles. The quantitative estimate of drug-likeness (QED) is 0.707. The van der Waals surface area contributed by atoms with E-state index in [1.54, 1.807) is 31.2 Å². The number of aliphatic hydroxyl groups excluding tert-OH is 2. The molecule has 0 heterocycles. The highest BCUT2D eigenvalue weighted by Gasteiger charge is 2.43. The van der Waals surface area contributed by atoms with Crippen LogP contribution in [0.1, 0.15) is 46.9 Å². The molecule has 1 aromatic carbocycles. The molecule has 2 aliphatic rings. The maximum Gasteiger partial charge on any atom is 0.190 e. The van der Waals surface area contributed by atoms with Crippen LogP contribution in [0.3, 0.4) is 0 Å². The Bertz CT molecular complexity index is 807. The molecule has 0 amide bonds. The van der Waals surface area contributed by atoms with E-state index in [0.29, 0.717) is 54.7 Å². The lowest BCUT2D eigenvalue weighted by Crippen LogP contribution is -2.37. The zero-order valence-corrected chi connectivity index (χ0v) is 16.2. The van der Waals surface area contributed by atoms with E-state index in [1.165, 1.54) is 0 Å². The summed E-state index contributed by atoms with van der Waals surface area (Å²) in [5.74, 6) is -1.12. The van der Waals surface area contributed by atoms with E-state index in [4.69, 9.17) is 10.2 Å². The lowest BCUT2D eigenvalue weighted by Gasteiger charge is -2.34. The van der Waals surface area contributed by atoms with Crippen LogP contribution in [0, 0.1) is 11.8 Å². The molecule has 2 atom stereocenters. The van der Waals surface area contributed by atoms with Crippen molar-refractivity contribution in [2.75, 3.05) is 32.8 Å². The molecule has 0 spiro atoms. The van der Waals surface area contributed by atoms with Crippen LogP contribution in [0.4, 0.5) is 0 Å². The molecule has 1 aromatic rings. The van der Waals surface area contributed by atoms with E-state index < -0.39 is 5.92 Å². The first-order valence-electron chi connectivity index (χ1n) is 9.88. The number of fused-ring (bicyclic) bond motifs is 1. The van der Waals surface area contributed by atoms with Crippen molar-refractivity contribution in [1.82, 2.24) is 4.90 Å². The molecule has 150 valence electrons. The maximum atomic E-state index is 13.2. The van der Waals surface area contributed by atoms with Gasteiger partial charge >= 0.3 is 0 Å². The summed E-state index contributed by atoms with van der Waals surface area (Å²) in [6.45, 7) is 3.34. The summed E-state index contributed by atoms with van der Waals surface area (Å²) in [6.07, 6.45) is 1.61. The zero-order chi connectivity index (χ0) is 20.3. The number of carbonyl (C=O) groups is 3. The van der Waals surface area contributed by atoms with Gasteiger partial charge in [-0.2, -0.15) is 0 Å². The normalized spacial score (nSPS) is 21.9. The number of hydrogen-bond donors (Lipinski definition) is 2. The predicted octanol–water partition coefficient (Wildman–Crippen LogP) is 1.65. The standard InChI is InChI=1S/C22H27NO5/c1-14-18(26)13-15(5-4-8-23(9-11-24)10-12-25)20-19(14)21(27)16-6-2-3-7-17(16)22(20)28/h2-3,6-7,14-15,24-25H,4-5,8-13H2,1H3. The molecular formula is C22H27NO5. The Morgan fingerprint density at radius 1 is 0.929 bits per heavy atom. The third-order valence-corrected chi connectivity index (χ3v) is 5.83. The third-order valence-electron chi connectivity index (χ3n) is 5.83. The number of benzene rings is 1. The molecular weight excluding hydrogens is 358 g/mol. The molecule has 3 rings (SSSR count). The van der Waals surface area contributed by atoms with Crippen molar-refractivity contribution in [2.24, 2.45) is 11.8 Å². The monoisotopic (exact) mass is 385 g/mol. The predicted molar refractivity (Wildman–Crippen MR) is 104 cm³/mol. The second-order valence-corrected chi connectivity index (χ2v) is 7.55. The highest BCUT2D eigenvalue weighted by atomic mass is 16.3. The number of nitrogens with zero attached hydrogens (tertiary/aromatic N) is 1. The van der Waals surface area contributed by atoms with E-state index in [2.05, 4.69) is 0 Å². The van der Waals surface area contributed by atoms with E-state index in [9.17, 15) is 14.4 Å². The van der Waals surface area contributed by atoms with Crippen molar-refractivity contribution in [3.05, 3.63) is 46.5 Å². The van der Waals surface area contributed by atoms with Crippen LogP contribution in [0.15, 0.2) is 35.4 Å². The average Bonchev–Trinajstić information content (AvgIpc) is 2.69. The summed E-state index contributed by atoms with van der Waals surface area (Å²) < 4.78 is 0. The van der Waals surface area contributed by atoms with Crippen LogP contribution < -0.4 is 0 Å². The fraction of sp³-hybridized carbons (Fsp3) is 0.500. The molecule has 6 nitrogen and oxygen atoms in total. The molecule has 0 fully saturated rings. The molecule has 0 radical (unpaired) electrons. The minimum absolute atomic E-state index is 0.00635. The summed E-state index contributed by atoms with van der Waals surface area (Å²) >= 11 is 0. The van der Waals surface area contributed by atoms with Gasteiger partial charge in [-0.25, -0.2) is 0 Å². The van der Waals surface area contributed by atoms with Crippen molar-refractivity contribution in [2.45, 2.75) is 26.2 Å². The minimum Gasteiger partial charge on any atom is -0.395 e. The Morgan fingerprint density at radius 3 is 2.07 bits per heavy atom. The summed E-state index contributed by atoms with van der Waals surface area (Å²) in [4.78, 5) is 40.7. The average molecular weight is 385 g/mol. The first kappa shape index (κ1) is 20.6. The van der Waals surface area contributed by atoms with Crippen molar-refractivity contribution >= 4 is 17.3 Å². The molecule has 2 N–H and O–H groups in total. The SMILES string of the molecule is CC1C(=O)CC(CCCN(CCO)CCO)C2=C1C(=O)c1ccccc1C2=O. The van der Waals surface area contributed by atoms with Crippen LogP contribution in [0.25, 0.3) is 0 Å². The Labute approximate surface area is 164 Å². The van der Waals surface area contributed by atoms with Gasteiger partial charge in [0.1, 0.15) is 5.78 Å². The van der Waals surface area contributed by atoms with Gasteiger partial charge in [-0.15, -0.1) is 0 Å². The van der Waals surface area contributed by atoms with E-state index in [0.717, 1.165) is 0 Å². The topological polar surface area (TPSA) is 94.9 Å². The van der Waals surface area contributed by atoms with Crippen LogP contribution in [-0.2, 0) is 4.79 Å². The van der Waals surface area contributed by atoms with Gasteiger partial charge in [-0.1, -0.05) is 31.2 Å². The molecule has 0 aliphatic heterocycles. The van der Waals surface area contributed by atoms with Gasteiger partial charge < -0.3 is 10.2 Å². The Morgan fingerprint density at radius 2 is 1.50 bits per heavy atom. The molecule has 0 bridgehead atoms. The lowest BCUT2D eigenvalue weighted by molar-refractivity contribution is -0.122. The smallest absolute Gasteiger partial charge is 0.190 e. The highest BCUT2D eigenvalue weighted by Crippen LogP contribution is 2.41. The third kappa shape index (κ3) is 3.85. The molecule has 2 unspecified atom stereocenters. The zero-order valence-electron chi connectivity index (χ0n) is 16.2. The largest absolute Gasteiger partial charge is 0.395 e. The maximum absolute atomic E-state index is 13.2. The number of ketones is 3. The van der Waals surface area contributed by atoms with E-state index >= 15 is 0 Å². The molecule has 6 heteroatoms. The Kier molecular flexibility index (Phi) is 6.54. The summed E-state index contributed by atoms with van der Waals surface area (Å²) in [6, 6.07) is 6.83. The number of aliphatic hydroxyl groups is 2. The Balaban J connectivity index is 1.84. The summed E-state index contributed by atoms with van der Waals surface area (Å²) in [5, 5.41) is 18.3. The summed E-state index contributed by atoms with van der Waals surface area (Å²) in [7, 11) is 0. The van der Waals surface area contributed by atoms with Crippen LogP contribution in [0.2, 0.25) is 0 Å². The molecule has 2 aliphatic carbocycles. The van der Waals surface area contributed by atoms with Crippen LogP contribution >= 0.6 is 0 Å². The van der Waals surface area contributed by atoms with Crippen molar-refractivity contribution < 1.29 is 24.6 Å². The number of carbonyl (C=O) groups excluding carboxylic acids is 3. The summed E-state index contributed by atoms with van der Waals surface area (Å²) in [5.41, 5.74) is 1.72. The first-order chi connectivity index (χ1) is 13.5.